The normalized spacial score (nSPS) is 21.0. The monoisotopic (exact) mass is 298 g/mol. The maximum absolute atomic E-state index is 11.8. The minimum absolute atomic E-state index is 0.0345. The van der Waals surface area contributed by atoms with Crippen LogP contribution in [-0.4, -0.2) is 23.6 Å². The number of ether oxygens (including phenoxy) is 1. The molecule has 3 rings (SSSR count). The number of esters is 1. The van der Waals surface area contributed by atoms with Crippen molar-refractivity contribution in [3.05, 3.63) is 36.0 Å². The van der Waals surface area contributed by atoms with Crippen LogP contribution < -0.4 is 5.32 Å². The van der Waals surface area contributed by atoms with Gasteiger partial charge in [0.25, 0.3) is 0 Å². The standard InChI is InChI=1S/C18H22N2O2/c1-3-22-18(21)13-7-8-14(11-13)20-16-9-10-19-17-12(2)5-4-6-15(16)17/h4-6,9-10,13-14H,3,7-8,11H2,1-2H3,(H,19,20). The fourth-order valence-electron chi connectivity index (χ4n) is 3.26. The highest BCUT2D eigenvalue weighted by molar-refractivity contribution is 5.93. The largest absolute Gasteiger partial charge is 0.466 e. The summed E-state index contributed by atoms with van der Waals surface area (Å²) in [5, 5.41) is 4.73. The summed E-state index contributed by atoms with van der Waals surface area (Å²) < 4.78 is 5.13. The lowest BCUT2D eigenvalue weighted by molar-refractivity contribution is -0.147. The molecule has 1 saturated carbocycles. The van der Waals surface area contributed by atoms with Crippen LogP contribution in [0.1, 0.15) is 31.7 Å². The van der Waals surface area contributed by atoms with Crippen molar-refractivity contribution in [3.63, 3.8) is 0 Å². The summed E-state index contributed by atoms with van der Waals surface area (Å²) in [4.78, 5) is 16.3. The van der Waals surface area contributed by atoms with E-state index in [0.717, 1.165) is 35.9 Å². The third-order valence-electron chi connectivity index (χ3n) is 4.38. The van der Waals surface area contributed by atoms with Gasteiger partial charge in [-0.2, -0.15) is 0 Å². The molecule has 2 unspecified atom stereocenters. The van der Waals surface area contributed by atoms with Gasteiger partial charge >= 0.3 is 5.97 Å². The molecule has 22 heavy (non-hydrogen) atoms. The van der Waals surface area contributed by atoms with E-state index >= 15 is 0 Å². The molecule has 1 N–H and O–H groups in total. The van der Waals surface area contributed by atoms with E-state index in [4.69, 9.17) is 4.74 Å². The molecule has 2 atom stereocenters. The van der Waals surface area contributed by atoms with Gasteiger partial charge in [0.15, 0.2) is 0 Å². The van der Waals surface area contributed by atoms with E-state index in [1.165, 1.54) is 5.56 Å². The first-order valence-electron chi connectivity index (χ1n) is 7.96. The lowest BCUT2D eigenvalue weighted by Gasteiger charge is -2.16. The lowest BCUT2D eigenvalue weighted by Crippen LogP contribution is -2.19. The van der Waals surface area contributed by atoms with E-state index in [1.54, 1.807) is 0 Å². The zero-order chi connectivity index (χ0) is 15.5. The van der Waals surface area contributed by atoms with Crippen LogP contribution >= 0.6 is 0 Å². The molecule has 1 aromatic heterocycles. The molecular weight excluding hydrogens is 276 g/mol. The first kappa shape index (κ1) is 14.8. The van der Waals surface area contributed by atoms with Crippen molar-refractivity contribution >= 4 is 22.6 Å². The molecule has 1 aliphatic carbocycles. The Morgan fingerprint density at radius 3 is 3.05 bits per heavy atom. The molecule has 116 valence electrons. The fraction of sp³-hybridized carbons (Fsp3) is 0.444. The van der Waals surface area contributed by atoms with E-state index in [9.17, 15) is 4.79 Å². The maximum Gasteiger partial charge on any atom is 0.308 e. The first-order chi connectivity index (χ1) is 10.7. The van der Waals surface area contributed by atoms with Gasteiger partial charge in [-0.3, -0.25) is 9.78 Å². The number of nitrogens with one attached hydrogen (secondary N) is 1. The van der Waals surface area contributed by atoms with Crippen LogP contribution in [0, 0.1) is 12.8 Å². The molecule has 0 bridgehead atoms. The van der Waals surface area contributed by atoms with Gasteiger partial charge in [-0.05, 0) is 44.7 Å². The molecular formula is C18H22N2O2. The third-order valence-corrected chi connectivity index (χ3v) is 4.38. The highest BCUT2D eigenvalue weighted by Gasteiger charge is 2.31. The molecule has 4 nitrogen and oxygen atoms in total. The molecule has 2 aromatic rings. The molecule has 0 amide bonds. The second-order valence-corrected chi connectivity index (χ2v) is 5.93. The predicted octanol–water partition coefficient (Wildman–Crippen LogP) is 3.69. The summed E-state index contributed by atoms with van der Waals surface area (Å²) in [6, 6.07) is 8.56. The van der Waals surface area contributed by atoms with Crippen LogP contribution in [0.3, 0.4) is 0 Å². The topological polar surface area (TPSA) is 51.2 Å². The van der Waals surface area contributed by atoms with Crippen LogP contribution in [0.5, 0.6) is 0 Å². The highest BCUT2D eigenvalue weighted by atomic mass is 16.5. The number of aryl methyl sites for hydroxylation is 1. The number of carbonyl (C=O) groups excluding carboxylic acids is 1. The van der Waals surface area contributed by atoms with Crippen LogP contribution in [0.4, 0.5) is 5.69 Å². The van der Waals surface area contributed by atoms with Gasteiger partial charge in [-0.15, -0.1) is 0 Å². The van der Waals surface area contributed by atoms with E-state index in [2.05, 4.69) is 35.4 Å². The maximum atomic E-state index is 11.8. The van der Waals surface area contributed by atoms with Crippen molar-refractivity contribution < 1.29 is 9.53 Å². The Bertz CT molecular complexity index is 684. The molecule has 1 aliphatic rings. The first-order valence-corrected chi connectivity index (χ1v) is 7.96. The Kier molecular flexibility index (Phi) is 4.27. The molecule has 1 fully saturated rings. The molecule has 0 spiro atoms. The van der Waals surface area contributed by atoms with Gasteiger partial charge in [-0.1, -0.05) is 18.2 Å². The number of carbonyl (C=O) groups is 1. The van der Waals surface area contributed by atoms with Gasteiger partial charge in [0.05, 0.1) is 18.0 Å². The Balaban J connectivity index is 1.75. The van der Waals surface area contributed by atoms with Gasteiger partial charge in [0, 0.05) is 23.3 Å². The van der Waals surface area contributed by atoms with Crippen molar-refractivity contribution in [3.8, 4) is 0 Å². The van der Waals surface area contributed by atoms with Crippen molar-refractivity contribution in [1.29, 1.82) is 0 Å². The molecule has 1 aromatic carbocycles. The predicted molar refractivity (Wildman–Crippen MR) is 87.9 cm³/mol. The van der Waals surface area contributed by atoms with Crippen LogP contribution in [-0.2, 0) is 9.53 Å². The Morgan fingerprint density at radius 2 is 2.23 bits per heavy atom. The SMILES string of the molecule is CCOC(=O)C1CCC(Nc2ccnc3c(C)cccc23)C1. The number of hydrogen-bond donors (Lipinski definition) is 1. The molecule has 4 heteroatoms. The van der Waals surface area contributed by atoms with Gasteiger partial charge in [-0.25, -0.2) is 0 Å². The summed E-state index contributed by atoms with van der Waals surface area (Å²) in [5.74, 6) is -0.0190. The second-order valence-electron chi connectivity index (χ2n) is 5.93. The number of anilines is 1. The quantitative estimate of drug-likeness (QED) is 0.875. The number of rotatable bonds is 4. The number of fused-ring (bicyclic) bond motifs is 1. The Labute approximate surface area is 130 Å². The Hall–Kier alpha value is -2.10. The van der Waals surface area contributed by atoms with Crippen molar-refractivity contribution in [2.24, 2.45) is 5.92 Å². The second kappa shape index (κ2) is 6.34. The van der Waals surface area contributed by atoms with Crippen LogP contribution in [0.25, 0.3) is 10.9 Å². The summed E-state index contributed by atoms with van der Waals surface area (Å²) in [7, 11) is 0. The zero-order valence-corrected chi connectivity index (χ0v) is 13.1. The Morgan fingerprint density at radius 1 is 1.36 bits per heavy atom. The zero-order valence-electron chi connectivity index (χ0n) is 13.1. The van der Waals surface area contributed by atoms with Crippen LogP contribution in [0.2, 0.25) is 0 Å². The number of para-hydroxylation sites is 1. The minimum Gasteiger partial charge on any atom is -0.466 e. The van der Waals surface area contributed by atoms with Gasteiger partial charge in [0.1, 0.15) is 0 Å². The fourth-order valence-corrected chi connectivity index (χ4v) is 3.26. The number of pyridine rings is 1. The highest BCUT2D eigenvalue weighted by Crippen LogP contribution is 2.31. The van der Waals surface area contributed by atoms with E-state index in [1.807, 2.05) is 19.2 Å². The molecule has 0 radical (unpaired) electrons. The average molecular weight is 298 g/mol. The number of nitrogens with zero attached hydrogens (tertiary/aromatic N) is 1. The minimum atomic E-state index is -0.0535. The molecule has 1 heterocycles. The third kappa shape index (κ3) is 2.91. The van der Waals surface area contributed by atoms with E-state index in [0.29, 0.717) is 12.6 Å². The summed E-state index contributed by atoms with van der Waals surface area (Å²) in [5.41, 5.74) is 3.31. The van der Waals surface area contributed by atoms with Gasteiger partial charge < -0.3 is 10.1 Å². The smallest absolute Gasteiger partial charge is 0.308 e. The number of hydrogen-bond acceptors (Lipinski definition) is 4. The molecule has 0 saturated heterocycles. The van der Waals surface area contributed by atoms with Crippen molar-refractivity contribution in [2.75, 3.05) is 11.9 Å². The summed E-state index contributed by atoms with van der Waals surface area (Å²) in [6.45, 7) is 4.39. The number of aromatic nitrogens is 1. The van der Waals surface area contributed by atoms with E-state index < -0.39 is 0 Å². The average Bonchev–Trinajstić information content (AvgIpc) is 2.97. The van der Waals surface area contributed by atoms with Crippen LogP contribution in [0.15, 0.2) is 30.5 Å². The van der Waals surface area contributed by atoms with E-state index in [-0.39, 0.29) is 11.9 Å². The van der Waals surface area contributed by atoms with Gasteiger partial charge in [0.2, 0.25) is 0 Å². The number of benzene rings is 1. The lowest BCUT2D eigenvalue weighted by atomic mass is 10.1. The van der Waals surface area contributed by atoms with Crippen molar-refractivity contribution in [1.82, 2.24) is 4.98 Å². The summed E-state index contributed by atoms with van der Waals surface area (Å²) in [6.07, 6.45) is 4.58. The van der Waals surface area contributed by atoms with Crippen molar-refractivity contribution in [2.45, 2.75) is 39.2 Å². The summed E-state index contributed by atoms with van der Waals surface area (Å²) >= 11 is 0. The molecule has 0 aliphatic heterocycles.